The number of carbonyl (C=O) groups excluding carboxylic acids is 1. The molecule has 0 unspecified atom stereocenters. The summed E-state index contributed by atoms with van der Waals surface area (Å²) in [6, 6.07) is 16.2. The number of sulfonamides is 1. The molecule has 2 N–H and O–H groups in total. The van der Waals surface area contributed by atoms with Crippen LogP contribution in [0.15, 0.2) is 59.0 Å². The zero-order valence-corrected chi connectivity index (χ0v) is 20.2. The second-order valence-electron chi connectivity index (χ2n) is 8.35. The van der Waals surface area contributed by atoms with Crippen molar-refractivity contribution in [3.63, 3.8) is 0 Å². The summed E-state index contributed by atoms with van der Waals surface area (Å²) in [5.74, 6) is 1.12. The van der Waals surface area contributed by atoms with Crippen LogP contribution in [-0.2, 0) is 28.9 Å². The first-order valence-corrected chi connectivity index (χ1v) is 12.4. The van der Waals surface area contributed by atoms with Crippen molar-refractivity contribution in [2.75, 3.05) is 0 Å². The highest BCUT2D eigenvalue weighted by atomic mass is 32.2. The van der Waals surface area contributed by atoms with Crippen LogP contribution in [0.25, 0.3) is 0 Å². The minimum absolute atomic E-state index is 0.0861. The SMILES string of the molecule is Cc1ccc(OCc2ccc(C(=O)NCc3ccc(CS(=O)(=O)NC(C)C)cc3)o2)c(C)c1. The Morgan fingerprint density at radius 1 is 1.00 bits per heavy atom. The fourth-order valence-electron chi connectivity index (χ4n) is 3.33. The maximum Gasteiger partial charge on any atom is 0.287 e. The highest BCUT2D eigenvalue weighted by Gasteiger charge is 2.14. The maximum absolute atomic E-state index is 12.4. The van der Waals surface area contributed by atoms with Crippen LogP contribution in [0.3, 0.4) is 0 Å². The zero-order valence-electron chi connectivity index (χ0n) is 19.3. The first-order valence-electron chi connectivity index (χ1n) is 10.8. The Balaban J connectivity index is 1.50. The van der Waals surface area contributed by atoms with E-state index >= 15 is 0 Å². The fraction of sp³-hybridized carbons (Fsp3) is 0.320. The molecule has 2 aromatic carbocycles. The van der Waals surface area contributed by atoms with Gasteiger partial charge >= 0.3 is 0 Å². The van der Waals surface area contributed by atoms with Gasteiger partial charge < -0.3 is 14.5 Å². The average Bonchev–Trinajstić information content (AvgIpc) is 3.20. The normalized spacial score (nSPS) is 11.5. The summed E-state index contributed by atoms with van der Waals surface area (Å²) in [5.41, 5.74) is 3.74. The van der Waals surface area contributed by atoms with E-state index in [0.29, 0.717) is 17.9 Å². The quantitative estimate of drug-likeness (QED) is 0.462. The number of nitrogens with one attached hydrogen (secondary N) is 2. The second kappa shape index (κ2) is 10.7. The molecule has 0 aliphatic rings. The minimum Gasteiger partial charge on any atom is -0.485 e. The lowest BCUT2D eigenvalue weighted by Gasteiger charge is -2.10. The molecule has 8 heteroatoms. The highest BCUT2D eigenvalue weighted by Crippen LogP contribution is 2.20. The van der Waals surface area contributed by atoms with Crippen LogP contribution in [0.2, 0.25) is 0 Å². The third kappa shape index (κ3) is 7.47. The molecule has 1 heterocycles. The van der Waals surface area contributed by atoms with E-state index in [1.165, 1.54) is 5.56 Å². The van der Waals surface area contributed by atoms with Crippen molar-refractivity contribution in [2.24, 2.45) is 0 Å². The fourth-order valence-corrected chi connectivity index (χ4v) is 4.76. The van der Waals surface area contributed by atoms with Gasteiger partial charge in [0.15, 0.2) is 5.76 Å². The van der Waals surface area contributed by atoms with Gasteiger partial charge in [0.1, 0.15) is 18.1 Å². The maximum atomic E-state index is 12.4. The number of hydrogen-bond donors (Lipinski definition) is 2. The van der Waals surface area contributed by atoms with Crippen molar-refractivity contribution < 1.29 is 22.4 Å². The molecule has 0 bridgehead atoms. The third-order valence-electron chi connectivity index (χ3n) is 4.83. The second-order valence-corrected chi connectivity index (χ2v) is 10.1. The first kappa shape index (κ1) is 24.5. The molecule has 0 spiro atoms. The van der Waals surface area contributed by atoms with Crippen LogP contribution in [0.4, 0.5) is 0 Å². The summed E-state index contributed by atoms with van der Waals surface area (Å²) in [4.78, 5) is 12.4. The van der Waals surface area contributed by atoms with E-state index in [2.05, 4.69) is 10.0 Å². The van der Waals surface area contributed by atoms with Crippen molar-refractivity contribution >= 4 is 15.9 Å². The van der Waals surface area contributed by atoms with Crippen LogP contribution < -0.4 is 14.8 Å². The Bertz CT molecular complexity index is 1200. The number of ether oxygens (including phenoxy) is 1. The summed E-state index contributed by atoms with van der Waals surface area (Å²) >= 11 is 0. The molecule has 0 atom stereocenters. The molecule has 0 aliphatic carbocycles. The number of aryl methyl sites for hydroxylation is 2. The Morgan fingerprint density at radius 3 is 2.36 bits per heavy atom. The van der Waals surface area contributed by atoms with Gasteiger partial charge in [0, 0.05) is 12.6 Å². The van der Waals surface area contributed by atoms with Crippen molar-refractivity contribution in [2.45, 2.75) is 52.6 Å². The van der Waals surface area contributed by atoms with E-state index in [1.54, 1.807) is 50.2 Å². The molecule has 0 aliphatic heterocycles. The topological polar surface area (TPSA) is 97.6 Å². The molecule has 1 amide bonds. The van der Waals surface area contributed by atoms with Gasteiger partial charge in [0.2, 0.25) is 10.0 Å². The van der Waals surface area contributed by atoms with Crippen molar-refractivity contribution in [1.29, 1.82) is 0 Å². The summed E-state index contributed by atoms with van der Waals surface area (Å²) in [7, 11) is -3.38. The van der Waals surface area contributed by atoms with Gasteiger partial charge in [-0.1, -0.05) is 42.0 Å². The predicted octanol–water partition coefficient (Wildman–Crippen LogP) is 4.23. The number of benzene rings is 2. The van der Waals surface area contributed by atoms with Gasteiger partial charge in [-0.05, 0) is 62.6 Å². The molecule has 0 saturated heterocycles. The third-order valence-corrected chi connectivity index (χ3v) is 6.38. The number of rotatable bonds is 10. The molecular formula is C25H30N2O5S. The minimum atomic E-state index is -3.38. The van der Waals surface area contributed by atoms with Gasteiger partial charge in [0.25, 0.3) is 5.91 Å². The molecule has 0 saturated carbocycles. The Hall–Kier alpha value is -3.10. The van der Waals surface area contributed by atoms with Crippen LogP contribution in [0, 0.1) is 13.8 Å². The van der Waals surface area contributed by atoms with E-state index in [9.17, 15) is 13.2 Å². The van der Waals surface area contributed by atoms with Crippen molar-refractivity contribution in [3.05, 3.63) is 88.4 Å². The summed E-state index contributed by atoms with van der Waals surface area (Å²) in [5, 5.41) is 2.81. The van der Waals surface area contributed by atoms with Crippen LogP contribution in [0.1, 0.15) is 52.4 Å². The summed E-state index contributed by atoms with van der Waals surface area (Å²) in [6.07, 6.45) is 0. The molecule has 176 valence electrons. The number of furan rings is 1. The van der Waals surface area contributed by atoms with Gasteiger partial charge in [-0.2, -0.15) is 0 Å². The molecule has 0 radical (unpaired) electrons. The van der Waals surface area contributed by atoms with Crippen molar-refractivity contribution in [1.82, 2.24) is 10.0 Å². The number of hydrogen-bond acceptors (Lipinski definition) is 5. The Labute approximate surface area is 195 Å². The van der Waals surface area contributed by atoms with Crippen LogP contribution in [-0.4, -0.2) is 20.4 Å². The smallest absolute Gasteiger partial charge is 0.287 e. The molecule has 0 fully saturated rings. The molecule has 1 aromatic heterocycles. The molecule has 7 nitrogen and oxygen atoms in total. The lowest BCUT2D eigenvalue weighted by molar-refractivity contribution is 0.0919. The zero-order chi connectivity index (χ0) is 24.0. The van der Waals surface area contributed by atoms with Crippen LogP contribution >= 0.6 is 0 Å². The highest BCUT2D eigenvalue weighted by molar-refractivity contribution is 7.88. The molecule has 33 heavy (non-hydrogen) atoms. The Kier molecular flexibility index (Phi) is 7.94. The Morgan fingerprint density at radius 2 is 1.70 bits per heavy atom. The van der Waals surface area contributed by atoms with E-state index < -0.39 is 10.0 Å². The summed E-state index contributed by atoms with van der Waals surface area (Å²) in [6.45, 7) is 8.10. The van der Waals surface area contributed by atoms with Crippen LogP contribution in [0.5, 0.6) is 5.75 Å². The lowest BCUT2D eigenvalue weighted by Crippen LogP contribution is -2.31. The van der Waals surface area contributed by atoms with Gasteiger partial charge in [0.05, 0.1) is 5.75 Å². The largest absolute Gasteiger partial charge is 0.485 e. The van der Waals surface area contributed by atoms with Gasteiger partial charge in [-0.15, -0.1) is 0 Å². The summed E-state index contributed by atoms with van der Waals surface area (Å²) < 4.78 is 38.0. The van der Waals surface area contributed by atoms with Crippen molar-refractivity contribution in [3.8, 4) is 5.75 Å². The first-order chi connectivity index (χ1) is 15.6. The van der Waals surface area contributed by atoms with E-state index in [0.717, 1.165) is 16.9 Å². The lowest BCUT2D eigenvalue weighted by atomic mass is 10.1. The van der Waals surface area contributed by atoms with E-state index in [4.69, 9.17) is 9.15 Å². The van der Waals surface area contributed by atoms with E-state index in [1.807, 2.05) is 32.0 Å². The molecular weight excluding hydrogens is 440 g/mol. The number of amides is 1. The number of carbonyl (C=O) groups is 1. The monoisotopic (exact) mass is 470 g/mol. The van der Waals surface area contributed by atoms with Gasteiger partial charge in [-0.25, -0.2) is 13.1 Å². The molecule has 3 rings (SSSR count). The van der Waals surface area contributed by atoms with Gasteiger partial charge in [-0.3, -0.25) is 4.79 Å². The average molecular weight is 471 g/mol. The predicted molar refractivity (Wildman–Crippen MR) is 127 cm³/mol. The molecule has 3 aromatic rings. The van der Waals surface area contributed by atoms with E-state index in [-0.39, 0.29) is 30.1 Å². The standard InChI is InChI=1S/C25H30N2O5S/c1-17(2)27-33(29,30)16-21-8-6-20(7-9-21)14-26-25(28)24-12-10-22(32-24)15-31-23-11-5-18(3)13-19(23)4/h5-13,17,27H,14-16H2,1-4H3,(H,26,28).